The Kier molecular flexibility index (Phi) is 9.15. The Morgan fingerprint density at radius 3 is 2.23 bits per heavy atom. The molecule has 0 radical (unpaired) electrons. The second kappa shape index (κ2) is 11.3. The molecule has 1 amide bonds. The van der Waals surface area contributed by atoms with Gasteiger partial charge in [-0.3, -0.25) is 4.79 Å². The summed E-state index contributed by atoms with van der Waals surface area (Å²) in [5.41, 5.74) is 9.64. The molecule has 1 heterocycles. The van der Waals surface area contributed by atoms with E-state index in [0.717, 1.165) is 27.3 Å². The van der Waals surface area contributed by atoms with Crippen LogP contribution in [0.3, 0.4) is 0 Å². The molecule has 7 heteroatoms. The summed E-state index contributed by atoms with van der Waals surface area (Å²) in [6.07, 6.45) is 0.669. The van der Waals surface area contributed by atoms with Crippen molar-refractivity contribution in [2.45, 2.75) is 58.8 Å². The highest BCUT2D eigenvalue weighted by atomic mass is 35.5. The van der Waals surface area contributed by atoms with E-state index in [2.05, 4.69) is 31.1 Å². The van der Waals surface area contributed by atoms with Crippen molar-refractivity contribution in [3.63, 3.8) is 0 Å². The van der Waals surface area contributed by atoms with Gasteiger partial charge < -0.3 is 16.2 Å². The van der Waals surface area contributed by atoms with Gasteiger partial charge >= 0.3 is 0 Å². The van der Waals surface area contributed by atoms with E-state index in [-0.39, 0.29) is 34.9 Å². The van der Waals surface area contributed by atoms with Gasteiger partial charge in [0.25, 0.3) is 5.91 Å². The molecule has 2 aromatic carbocycles. The second-order valence-electron chi connectivity index (χ2n) is 10.6. The first-order chi connectivity index (χ1) is 15.9. The summed E-state index contributed by atoms with van der Waals surface area (Å²) >= 11 is 1.56. The molecule has 1 aromatic heterocycles. The SMILES string of the molecule is CC(C)(C)c1cc(C(=O)NCCc2ccc(N=C(N)c3cccs3)cc2)c(O)c(C(C)(C)C)c1.Cl. The smallest absolute Gasteiger partial charge is 0.255 e. The molecule has 35 heavy (non-hydrogen) atoms. The van der Waals surface area contributed by atoms with Crippen molar-refractivity contribution in [2.75, 3.05) is 6.54 Å². The lowest BCUT2D eigenvalue weighted by Crippen LogP contribution is -2.27. The molecule has 0 spiro atoms. The van der Waals surface area contributed by atoms with E-state index in [4.69, 9.17) is 5.73 Å². The number of carbonyl (C=O) groups is 1. The third kappa shape index (κ3) is 7.33. The van der Waals surface area contributed by atoms with Crippen LogP contribution in [-0.4, -0.2) is 23.4 Å². The number of benzene rings is 2. The van der Waals surface area contributed by atoms with Crippen molar-refractivity contribution in [2.24, 2.45) is 10.7 Å². The highest BCUT2D eigenvalue weighted by molar-refractivity contribution is 7.12. The van der Waals surface area contributed by atoms with Crippen LogP contribution in [0.15, 0.2) is 58.9 Å². The summed E-state index contributed by atoms with van der Waals surface area (Å²) in [5, 5.41) is 15.8. The van der Waals surface area contributed by atoms with Crippen LogP contribution < -0.4 is 11.1 Å². The Morgan fingerprint density at radius 1 is 1.03 bits per heavy atom. The fraction of sp³-hybridized carbons (Fsp3) is 0.357. The van der Waals surface area contributed by atoms with Gasteiger partial charge in [0, 0.05) is 12.1 Å². The molecular formula is C28H36ClN3O2S. The Bertz CT molecular complexity index is 1170. The van der Waals surface area contributed by atoms with Gasteiger partial charge in [0.2, 0.25) is 0 Å². The molecule has 3 aromatic rings. The van der Waals surface area contributed by atoms with Gasteiger partial charge in [-0.2, -0.15) is 0 Å². The molecule has 5 nitrogen and oxygen atoms in total. The number of rotatable bonds is 6. The maximum absolute atomic E-state index is 13.0. The number of amidine groups is 1. The summed E-state index contributed by atoms with van der Waals surface area (Å²) < 4.78 is 0. The third-order valence-corrected chi connectivity index (χ3v) is 6.58. The van der Waals surface area contributed by atoms with Crippen LogP contribution in [0.5, 0.6) is 5.75 Å². The lowest BCUT2D eigenvalue weighted by molar-refractivity contribution is 0.0951. The fourth-order valence-corrected chi connectivity index (χ4v) is 4.21. The van der Waals surface area contributed by atoms with Crippen molar-refractivity contribution in [1.29, 1.82) is 0 Å². The number of hydrogen-bond acceptors (Lipinski definition) is 4. The van der Waals surface area contributed by atoms with Crippen LogP contribution in [0, 0.1) is 0 Å². The number of carbonyl (C=O) groups excluding carboxylic acids is 1. The zero-order valence-electron chi connectivity index (χ0n) is 21.3. The fourth-order valence-electron chi connectivity index (χ4n) is 3.58. The molecule has 0 saturated heterocycles. The standard InChI is InChI=1S/C28H35N3O2S.ClH/c1-27(2,3)19-16-21(24(32)22(17-19)28(4,5)6)26(33)30-14-13-18-9-11-20(12-10-18)31-25(29)23-8-7-15-34-23;/h7-12,15-17,32H,13-14H2,1-6H3,(H2,29,31)(H,30,33);1H. The van der Waals surface area contributed by atoms with Crippen molar-refractivity contribution in [1.82, 2.24) is 5.32 Å². The lowest BCUT2D eigenvalue weighted by Gasteiger charge is -2.27. The number of nitrogens with zero attached hydrogens (tertiary/aromatic N) is 1. The maximum Gasteiger partial charge on any atom is 0.255 e. The predicted octanol–water partition coefficient (Wildman–Crippen LogP) is 6.48. The van der Waals surface area contributed by atoms with Crippen LogP contribution >= 0.6 is 23.7 Å². The van der Waals surface area contributed by atoms with Crippen LogP contribution in [0.4, 0.5) is 5.69 Å². The van der Waals surface area contributed by atoms with E-state index in [1.807, 2.05) is 74.7 Å². The molecule has 3 rings (SSSR count). The van der Waals surface area contributed by atoms with Crippen LogP contribution in [0.2, 0.25) is 0 Å². The Labute approximate surface area is 218 Å². The summed E-state index contributed by atoms with van der Waals surface area (Å²) in [4.78, 5) is 18.4. The van der Waals surface area contributed by atoms with E-state index in [0.29, 0.717) is 24.4 Å². The van der Waals surface area contributed by atoms with Crippen molar-refractivity contribution in [3.05, 3.63) is 81.0 Å². The number of aliphatic imine (C=N–C) groups is 1. The second-order valence-corrected chi connectivity index (χ2v) is 11.5. The number of hydrogen-bond donors (Lipinski definition) is 3. The largest absolute Gasteiger partial charge is 0.507 e. The van der Waals surface area contributed by atoms with Gasteiger partial charge in [0.15, 0.2) is 0 Å². The van der Waals surface area contributed by atoms with Gasteiger partial charge in [0.05, 0.1) is 16.1 Å². The number of thiophene rings is 1. The molecule has 0 saturated carbocycles. The summed E-state index contributed by atoms with van der Waals surface area (Å²) in [5.74, 6) is 0.296. The molecular weight excluding hydrogens is 478 g/mol. The first-order valence-corrected chi connectivity index (χ1v) is 12.4. The quantitative estimate of drug-likeness (QED) is 0.260. The van der Waals surface area contributed by atoms with Gasteiger partial charge in [-0.15, -0.1) is 23.7 Å². The van der Waals surface area contributed by atoms with E-state index in [1.54, 1.807) is 11.3 Å². The zero-order chi connectivity index (χ0) is 25.1. The Hall–Kier alpha value is -2.83. The van der Waals surface area contributed by atoms with E-state index in [9.17, 15) is 9.90 Å². The summed E-state index contributed by atoms with van der Waals surface area (Å²) in [6.45, 7) is 12.9. The average molecular weight is 514 g/mol. The summed E-state index contributed by atoms with van der Waals surface area (Å²) in [6, 6.07) is 15.5. The number of nitrogens with one attached hydrogen (secondary N) is 1. The molecule has 0 aliphatic rings. The highest BCUT2D eigenvalue weighted by Crippen LogP contribution is 2.37. The van der Waals surface area contributed by atoms with E-state index >= 15 is 0 Å². The zero-order valence-corrected chi connectivity index (χ0v) is 22.9. The van der Waals surface area contributed by atoms with Crippen LogP contribution in [0.1, 0.15) is 73.5 Å². The monoisotopic (exact) mass is 513 g/mol. The molecule has 0 unspecified atom stereocenters. The van der Waals surface area contributed by atoms with Gasteiger partial charge in [0.1, 0.15) is 11.6 Å². The molecule has 188 valence electrons. The van der Waals surface area contributed by atoms with Crippen LogP contribution in [0.25, 0.3) is 0 Å². The first kappa shape index (κ1) is 28.4. The minimum atomic E-state index is -0.280. The number of amides is 1. The molecule has 0 fully saturated rings. The minimum absolute atomic E-state index is 0. The first-order valence-electron chi connectivity index (χ1n) is 11.5. The van der Waals surface area contributed by atoms with Crippen molar-refractivity contribution < 1.29 is 9.90 Å². The topological polar surface area (TPSA) is 87.7 Å². The van der Waals surface area contributed by atoms with E-state index < -0.39 is 0 Å². The molecule has 0 bridgehead atoms. The Balaban J connectivity index is 0.00000432. The van der Waals surface area contributed by atoms with E-state index in [1.165, 1.54) is 0 Å². The van der Waals surface area contributed by atoms with Gasteiger partial charge in [-0.1, -0.05) is 65.8 Å². The lowest BCUT2D eigenvalue weighted by atomic mass is 9.79. The van der Waals surface area contributed by atoms with Gasteiger partial charge in [-0.05, 0) is 58.0 Å². The van der Waals surface area contributed by atoms with Crippen molar-refractivity contribution in [3.8, 4) is 5.75 Å². The molecule has 0 aliphatic heterocycles. The van der Waals surface area contributed by atoms with Crippen LogP contribution in [-0.2, 0) is 17.3 Å². The predicted molar refractivity (Wildman–Crippen MR) is 150 cm³/mol. The maximum atomic E-state index is 13.0. The number of nitrogens with two attached hydrogens (primary N) is 1. The number of aromatic hydroxyl groups is 1. The van der Waals surface area contributed by atoms with Crippen molar-refractivity contribution >= 4 is 41.2 Å². The number of halogens is 1. The Morgan fingerprint density at radius 2 is 1.69 bits per heavy atom. The molecule has 0 atom stereocenters. The normalized spacial score (nSPS) is 12.2. The third-order valence-electron chi connectivity index (χ3n) is 5.69. The number of phenolic OH excluding ortho intramolecular Hbond substituents is 1. The average Bonchev–Trinajstić information content (AvgIpc) is 3.28. The summed E-state index contributed by atoms with van der Waals surface area (Å²) in [7, 11) is 0. The molecule has 4 N–H and O–H groups in total. The van der Waals surface area contributed by atoms with Gasteiger partial charge in [-0.25, -0.2) is 4.99 Å². The minimum Gasteiger partial charge on any atom is -0.507 e. The number of phenols is 1. The molecule has 0 aliphatic carbocycles. The highest BCUT2D eigenvalue weighted by Gasteiger charge is 2.27.